The molecular formula is C9H10N2O3S. The van der Waals surface area contributed by atoms with Gasteiger partial charge in [-0.15, -0.1) is 0 Å². The Bertz CT molecular complexity index is 423. The molecule has 0 saturated carbocycles. The molecule has 0 aliphatic heterocycles. The highest BCUT2D eigenvalue weighted by molar-refractivity contribution is 7.11. The Hall–Kier alpha value is -1.69. The van der Waals surface area contributed by atoms with E-state index in [1.54, 1.807) is 19.9 Å². The van der Waals surface area contributed by atoms with Gasteiger partial charge in [0.2, 0.25) is 5.91 Å². The van der Waals surface area contributed by atoms with Gasteiger partial charge in [0.1, 0.15) is 10.6 Å². The summed E-state index contributed by atoms with van der Waals surface area (Å²) in [6, 6.07) is 0. The van der Waals surface area contributed by atoms with Gasteiger partial charge in [-0.2, -0.15) is 4.37 Å². The molecule has 0 aliphatic rings. The summed E-state index contributed by atoms with van der Waals surface area (Å²) in [5.74, 6) is -1.44. The molecule has 0 unspecified atom stereocenters. The maximum absolute atomic E-state index is 11.2. The van der Waals surface area contributed by atoms with Crippen LogP contribution in [0.1, 0.15) is 23.0 Å². The summed E-state index contributed by atoms with van der Waals surface area (Å²) in [7, 11) is 0. The second kappa shape index (κ2) is 4.70. The molecule has 0 atom stereocenters. The van der Waals surface area contributed by atoms with Gasteiger partial charge in [0.25, 0.3) is 0 Å². The average Bonchev–Trinajstić information content (AvgIpc) is 2.47. The lowest BCUT2D eigenvalue weighted by atomic mass is 10.2. The zero-order chi connectivity index (χ0) is 11.4. The van der Waals surface area contributed by atoms with Crippen LogP contribution in [0.2, 0.25) is 0 Å². The van der Waals surface area contributed by atoms with Crippen LogP contribution in [-0.4, -0.2) is 21.4 Å². The van der Waals surface area contributed by atoms with Crippen molar-refractivity contribution in [2.45, 2.75) is 13.8 Å². The van der Waals surface area contributed by atoms with E-state index in [-0.39, 0.29) is 16.5 Å². The van der Waals surface area contributed by atoms with E-state index in [0.29, 0.717) is 5.69 Å². The Morgan fingerprint density at radius 3 is 2.73 bits per heavy atom. The average molecular weight is 226 g/mol. The third-order valence-electron chi connectivity index (χ3n) is 1.63. The number of rotatable bonds is 3. The van der Waals surface area contributed by atoms with Gasteiger partial charge >= 0.3 is 5.97 Å². The maximum Gasteiger partial charge on any atom is 0.340 e. The van der Waals surface area contributed by atoms with Gasteiger partial charge in [0.15, 0.2) is 0 Å². The number of hydrogen-bond acceptors (Lipinski definition) is 4. The van der Waals surface area contributed by atoms with Crippen LogP contribution in [0.25, 0.3) is 0 Å². The van der Waals surface area contributed by atoms with Crippen molar-refractivity contribution in [2.75, 3.05) is 5.32 Å². The monoisotopic (exact) mass is 226 g/mol. The molecule has 0 aromatic carbocycles. The molecule has 1 aromatic heterocycles. The smallest absolute Gasteiger partial charge is 0.340 e. The van der Waals surface area contributed by atoms with Gasteiger partial charge in [0.05, 0.1) is 5.69 Å². The quantitative estimate of drug-likeness (QED) is 0.768. The number of hydrogen-bond donors (Lipinski definition) is 2. The van der Waals surface area contributed by atoms with Crippen LogP contribution in [0.4, 0.5) is 5.00 Å². The summed E-state index contributed by atoms with van der Waals surface area (Å²) >= 11 is 0.962. The Morgan fingerprint density at radius 2 is 2.20 bits per heavy atom. The van der Waals surface area contributed by atoms with Crippen LogP contribution >= 0.6 is 11.5 Å². The molecule has 1 amide bonds. The molecule has 1 aromatic rings. The minimum Gasteiger partial charge on any atom is -0.478 e. The lowest BCUT2D eigenvalue weighted by molar-refractivity contribution is -0.111. The van der Waals surface area contributed by atoms with Crippen LogP contribution < -0.4 is 5.32 Å². The number of carbonyl (C=O) groups excluding carboxylic acids is 1. The third-order valence-corrected chi connectivity index (χ3v) is 2.49. The minimum absolute atomic E-state index is 0.0536. The molecule has 5 nitrogen and oxygen atoms in total. The number of carboxylic acid groups (broad SMARTS) is 1. The number of allylic oxidation sites excluding steroid dienone is 1. The van der Waals surface area contributed by atoms with Crippen molar-refractivity contribution in [3.05, 3.63) is 23.4 Å². The number of aryl methyl sites for hydroxylation is 1. The van der Waals surface area contributed by atoms with Crippen molar-refractivity contribution in [3.8, 4) is 0 Å². The molecule has 80 valence electrons. The topological polar surface area (TPSA) is 79.3 Å². The molecular weight excluding hydrogens is 216 g/mol. The first-order valence-electron chi connectivity index (χ1n) is 4.19. The Labute approximate surface area is 90.6 Å². The second-order valence-electron chi connectivity index (χ2n) is 2.77. The Balaban J connectivity index is 2.95. The van der Waals surface area contributed by atoms with E-state index < -0.39 is 5.97 Å². The largest absolute Gasteiger partial charge is 0.478 e. The summed E-state index contributed by atoms with van der Waals surface area (Å²) < 4.78 is 3.87. The lowest BCUT2D eigenvalue weighted by Gasteiger charge is -1.99. The third kappa shape index (κ3) is 2.63. The number of aromatic carboxylic acids is 1. The van der Waals surface area contributed by atoms with E-state index >= 15 is 0 Å². The summed E-state index contributed by atoms with van der Waals surface area (Å²) in [6.45, 7) is 3.29. The lowest BCUT2D eigenvalue weighted by Crippen LogP contribution is -2.10. The molecule has 1 heterocycles. The van der Waals surface area contributed by atoms with Crippen LogP contribution in [0.5, 0.6) is 0 Å². The summed E-state index contributed by atoms with van der Waals surface area (Å²) in [6.07, 6.45) is 2.89. The van der Waals surface area contributed by atoms with Gasteiger partial charge in [-0.1, -0.05) is 6.08 Å². The van der Waals surface area contributed by atoms with E-state index in [1.165, 1.54) is 6.08 Å². The Kier molecular flexibility index (Phi) is 3.56. The number of carboxylic acids is 1. The zero-order valence-electron chi connectivity index (χ0n) is 8.27. The predicted molar refractivity (Wildman–Crippen MR) is 57.3 cm³/mol. The molecule has 6 heteroatoms. The molecule has 0 bridgehead atoms. The maximum atomic E-state index is 11.2. The number of nitrogens with zero attached hydrogens (tertiary/aromatic N) is 1. The minimum atomic E-state index is -1.09. The molecule has 0 fully saturated rings. The van der Waals surface area contributed by atoms with Crippen molar-refractivity contribution >= 4 is 28.4 Å². The molecule has 15 heavy (non-hydrogen) atoms. The summed E-state index contributed by atoms with van der Waals surface area (Å²) in [5, 5.41) is 11.6. The fourth-order valence-electron chi connectivity index (χ4n) is 1.01. The summed E-state index contributed by atoms with van der Waals surface area (Å²) in [5.41, 5.74) is 0.459. The zero-order valence-corrected chi connectivity index (χ0v) is 9.09. The first kappa shape index (κ1) is 11.4. The molecule has 0 spiro atoms. The number of aromatic nitrogens is 1. The first-order valence-corrected chi connectivity index (χ1v) is 4.96. The highest BCUT2D eigenvalue weighted by Crippen LogP contribution is 2.24. The van der Waals surface area contributed by atoms with E-state index in [4.69, 9.17) is 5.11 Å². The van der Waals surface area contributed by atoms with Gasteiger partial charge < -0.3 is 10.4 Å². The van der Waals surface area contributed by atoms with E-state index in [2.05, 4.69) is 9.69 Å². The van der Waals surface area contributed by atoms with Crippen molar-refractivity contribution in [1.82, 2.24) is 4.37 Å². The Morgan fingerprint density at radius 1 is 1.53 bits per heavy atom. The number of carbonyl (C=O) groups is 2. The SMILES string of the molecule is CC=CC(=O)Nc1snc(C)c1C(=O)O. The van der Waals surface area contributed by atoms with E-state index in [9.17, 15) is 9.59 Å². The van der Waals surface area contributed by atoms with Crippen LogP contribution in [0.3, 0.4) is 0 Å². The van der Waals surface area contributed by atoms with Crippen LogP contribution in [-0.2, 0) is 4.79 Å². The predicted octanol–water partition coefficient (Wildman–Crippen LogP) is 1.66. The second-order valence-corrected chi connectivity index (χ2v) is 3.54. The summed E-state index contributed by atoms with van der Waals surface area (Å²) in [4.78, 5) is 22.0. The van der Waals surface area contributed by atoms with Crippen LogP contribution in [0.15, 0.2) is 12.2 Å². The number of amides is 1. The fourth-order valence-corrected chi connectivity index (χ4v) is 1.80. The van der Waals surface area contributed by atoms with Crippen molar-refractivity contribution in [3.63, 3.8) is 0 Å². The first-order chi connectivity index (χ1) is 7.06. The van der Waals surface area contributed by atoms with Crippen molar-refractivity contribution in [1.29, 1.82) is 0 Å². The van der Waals surface area contributed by atoms with Gasteiger partial charge in [-0.3, -0.25) is 4.79 Å². The van der Waals surface area contributed by atoms with Crippen LogP contribution in [0, 0.1) is 6.92 Å². The van der Waals surface area contributed by atoms with E-state index in [1.807, 2.05) is 0 Å². The highest BCUT2D eigenvalue weighted by atomic mass is 32.1. The standard InChI is InChI=1S/C9H10N2O3S/c1-3-4-6(12)10-8-7(9(13)14)5(2)11-15-8/h3-4H,1-2H3,(H,10,12)(H,13,14). The highest BCUT2D eigenvalue weighted by Gasteiger charge is 2.18. The fraction of sp³-hybridized carbons (Fsp3) is 0.222. The van der Waals surface area contributed by atoms with Crippen molar-refractivity contribution in [2.24, 2.45) is 0 Å². The van der Waals surface area contributed by atoms with E-state index in [0.717, 1.165) is 11.5 Å². The van der Waals surface area contributed by atoms with Gasteiger partial charge in [0, 0.05) is 0 Å². The molecule has 0 radical (unpaired) electrons. The molecule has 0 aliphatic carbocycles. The molecule has 2 N–H and O–H groups in total. The number of anilines is 1. The van der Waals surface area contributed by atoms with Gasteiger partial charge in [-0.05, 0) is 31.5 Å². The number of nitrogens with one attached hydrogen (secondary N) is 1. The molecule has 1 rings (SSSR count). The normalized spacial score (nSPS) is 10.5. The van der Waals surface area contributed by atoms with Gasteiger partial charge in [-0.25, -0.2) is 4.79 Å². The van der Waals surface area contributed by atoms with Crippen molar-refractivity contribution < 1.29 is 14.7 Å². The molecule has 0 saturated heterocycles.